The van der Waals surface area contributed by atoms with E-state index in [4.69, 9.17) is 9.47 Å². The molecular formula is C17H30O2. The van der Waals surface area contributed by atoms with Crippen molar-refractivity contribution in [3.8, 4) is 0 Å². The first-order chi connectivity index (χ1) is 8.81. The first-order valence-corrected chi connectivity index (χ1v) is 7.37. The summed E-state index contributed by atoms with van der Waals surface area (Å²) in [4.78, 5) is 0. The van der Waals surface area contributed by atoms with Crippen molar-refractivity contribution in [1.29, 1.82) is 0 Å². The lowest BCUT2D eigenvalue weighted by atomic mass is 9.87. The number of hydrogen-bond donors (Lipinski definition) is 0. The second-order valence-corrected chi connectivity index (χ2v) is 6.68. The molecular weight excluding hydrogens is 236 g/mol. The molecule has 1 rings (SSSR count). The van der Waals surface area contributed by atoms with Crippen LogP contribution in [0.1, 0.15) is 60.8 Å². The molecule has 0 amide bonds. The van der Waals surface area contributed by atoms with E-state index in [2.05, 4.69) is 53.7 Å². The van der Waals surface area contributed by atoms with E-state index in [0.717, 1.165) is 25.9 Å². The normalized spacial score (nSPS) is 24.6. The summed E-state index contributed by atoms with van der Waals surface area (Å²) in [6.45, 7) is 13.7. The molecule has 2 atom stereocenters. The van der Waals surface area contributed by atoms with E-state index in [1.807, 2.05) is 0 Å². The summed E-state index contributed by atoms with van der Waals surface area (Å²) in [7, 11) is 0. The average Bonchev–Trinajstić information content (AvgIpc) is 2.74. The third kappa shape index (κ3) is 5.92. The molecule has 0 radical (unpaired) electrons. The summed E-state index contributed by atoms with van der Waals surface area (Å²) in [6, 6.07) is 0. The van der Waals surface area contributed by atoms with Gasteiger partial charge in [0.1, 0.15) is 0 Å². The third-order valence-electron chi connectivity index (χ3n) is 3.54. The van der Waals surface area contributed by atoms with Crippen LogP contribution in [0.4, 0.5) is 0 Å². The number of allylic oxidation sites excluding steroid dienone is 4. The fraction of sp³-hybridized carbons (Fsp3) is 0.765. The van der Waals surface area contributed by atoms with Crippen LogP contribution in [-0.4, -0.2) is 19.0 Å². The topological polar surface area (TPSA) is 18.5 Å². The van der Waals surface area contributed by atoms with Crippen LogP contribution in [0.2, 0.25) is 0 Å². The molecule has 0 aliphatic carbocycles. The molecule has 1 heterocycles. The summed E-state index contributed by atoms with van der Waals surface area (Å²) < 4.78 is 11.5. The van der Waals surface area contributed by atoms with Crippen molar-refractivity contribution in [3.05, 3.63) is 23.3 Å². The van der Waals surface area contributed by atoms with Gasteiger partial charge in [-0.15, -0.1) is 0 Å². The number of ether oxygens (including phenoxy) is 2. The Morgan fingerprint density at radius 2 is 1.89 bits per heavy atom. The second kappa shape index (κ2) is 7.25. The van der Waals surface area contributed by atoms with Crippen molar-refractivity contribution in [2.24, 2.45) is 5.41 Å². The second-order valence-electron chi connectivity index (χ2n) is 6.68. The summed E-state index contributed by atoms with van der Waals surface area (Å²) in [5.41, 5.74) is 2.90. The van der Waals surface area contributed by atoms with Gasteiger partial charge in [0.2, 0.25) is 0 Å². The predicted molar refractivity (Wildman–Crippen MR) is 81.1 cm³/mol. The lowest BCUT2D eigenvalue weighted by Crippen LogP contribution is -2.30. The maximum absolute atomic E-state index is 5.81. The molecule has 110 valence electrons. The highest BCUT2D eigenvalue weighted by Gasteiger charge is 2.35. The summed E-state index contributed by atoms with van der Waals surface area (Å²) in [5.74, 6) is 0. The van der Waals surface area contributed by atoms with E-state index >= 15 is 0 Å². The first kappa shape index (κ1) is 16.5. The Bertz CT molecular complexity index is 335. The monoisotopic (exact) mass is 266 g/mol. The van der Waals surface area contributed by atoms with Gasteiger partial charge in [0.15, 0.2) is 6.29 Å². The maximum Gasteiger partial charge on any atom is 0.163 e. The predicted octanol–water partition coefficient (Wildman–Crippen LogP) is 4.86. The minimum atomic E-state index is -0.0654. The Kier molecular flexibility index (Phi) is 6.28. The smallest absolute Gasteiger partial charge is 0.163 e. The van der Waals surface area contributed by atoms with Crippen LogP contribution in [0.3, 0.4) is 0 Å². The van der Waals surface area contributed by atoms with Crippen molar-refractivity contribution < 1.29 is 9.47 Å². The van der Waals surface area contributed by atoms with E-state index in [9.17, 15) is 0 Å². The van der Waals surface area contributed by atoms with Gasteiger partial charge in [0.05, 0.1) is 12.7 Å². The molecule has 0 aromatic heterocycles. The van der Waals surface area contributed by atoms with E-state index in [-0.39, 0.29) is 17.8 Å². The quantitative estimate of drug-likeness (QED) is 0.639. The highest BCUT2D eigenvalue weighted by atomic mass is 16.7. The zero-order valence-corrected chi connectivity index (χ0v) is 13.5. The zero-order valence-electron chi connectivity index (χ0n) is 13.5. The number of rotatable bonds is 6. The fourth-order valence-corrected chi connectivity index (χ4v) is 2.15. The summed E-state index contributed by atoms with van der Waals surface area (Å²) in [5, 5.41) is 0. The fourth-order valence-electron chi connectivity index (χ4n) is 2.15. The van der Waals surface area contributed by atoms with Crippen molar-refractivity contribution >= 4 is 0 Å². The van der Waals surface area contributed by atoms with Crippen LogP contribution in [0.5, 0.6) is 0 Å². The largest absolute Gasteiger partial charge is 0.349 e. The van der Waals surface area contributed by atoms with Gasteiger partial charge in [-0.05, 0) is 47.0 Å². The van der Waals surface area contributed by atoms with Crippen molar-refractivity contribution in [2.75, 3.05) is 6.61 Å². The lowest BCUT2D eigenvalue weighted by Gasteiger charge is -2.29. The molecule has 0 bridgehead atoms. The molecule has 1 fully saturated rings. The lowest BCUT2D eigenvalue weighted by molar-refractivity contribution is -0.127. The van der Waals surface area contributed by atoms with Gasteiger partial charge in [-0.25, -0.2) is 0 Å². The van der Waals surface area contributed by atoms with Gasteiger partial charge < -0.3 is 9.47 Å². The zero-order chi connectivity index (χ0) is 14.5. The van der Waals surface area contributed by atoms with Gasteiger partial charge in [0.25, 0.3) is 0 Å². The summed E-state index contributed by atoms with van der Waals surface area (Å²) >= 11 is 0. The molecule has 0 N–H and O–H groups in total. The highest BCUT2D eigenvalue weighted by Crippen LogP contribution is 2.33. The Hall–Kier alpha value is -0.600. The minimum absolute atomic E-state index is 0.0442. The molecule has 1 aliphatic heterocycles. The molecule has 1 aliphatic rings. The van der Waals surface area contributed by atoms with Crippen LogP contribution in [0.15, 0.2) is 23.3 Å². The van der Waals surface area contributed by atoms with E-state index in [0.29, 0.717) is 0 Å². The van der Waals surface area contributed by atoms with Crippen molar-refractivity contribution in [3.63, 3.8) is 0 Å². The molecule has 2 nitrogen and oxygen atoms in total. The molecule has 0 unspecified atom stereocenters. The molecule has 2 heteroatoms. The molecule has 0 aromatic carbocycles. The summed E-state index contributed by atoms with van der Waals surface area (Å²) in [6.07, 6.45) is 8.09. The average molecular weight is 266 g/mol. The van der Waals surface area contributed by atoms with Crippen LogP contribution in [0, 0.1) is 5.41 Å². The van der Waals surface area contributed by atoms with E-state index in [1.165, 1.54) is 11.1 Å². The Morgan fingerprint density at radius 1 is 1.21 bits per heavy atom. The van der Waals surface area contributed by atoms with E-state index < -0.39 is 0 Å². The van der Waals surface area contributed by atoms with Crippen molar-refractivity contribution in [1.82, 2.24) is 0 Å². The molecule has 0 aromatic rings. The molecule has 0 spiro atoms. The SMILES string of the molecule is CC(C)=CCC/C(C)=C/CC(C)(C)[C@H]1OC[C@@H](C)O1. The Morgan fingerprint density at radius 3 is 2.42 bits per heavy atom. The van der Waals surface area contributed by atoms with Gasteiger partial charge in [-0.3, -0.25) is 0 Å². The maximum atomic E-state index is 5.81. The minimum Gasteiger partial charge on any atom is -0.349 e. The van der Waals surface area contributed by atoms with Crippen LogP contribution in [-0.2, 0) is 9.47 Å². The van der Waals surface area contributed by atoms with Crippen LogP contribution >= 0.6 is 0 Å². The van der Waals surface area contributed by atoms with Gasteiger partial charge in [0, 0.05) is 5.41 Å². The molecule has 19 heavy (non-hydrogen) atoms. The standard InChI is InChI=1S/C17H30O2/c1-13(2)8-7-9-14(3)10-11-17(5,6)16-18-12-15(4)19-16/h8,10,15-16H,7,9,11-12H2,1-6H3/b14-10+/t15-,16+/m1/s1. The number of hydrogen-bond acceptors (Lipinski definition) is 2. The van der Waals surface area contributed by atoms with Crippen LogP contribution in [0.25, 0.3) is 0 Å². The third-order valence-corrected chi connectivity index (χ3v) is 3.54. The Labute approximate surface area is 118 Å². The molecule has 0 saturated carbocycles. The highest BCUT2D eigenvalue weighted by molar-refractivity contribution is 5.03. The van der Waals surface area contributed by atoms with Gasteiger partial charge >= 0.3 is 0 Å². The molecule has 1 saturated heterocycles. The first-order valence-electron chi connectivity index (χ1n) is 7.37. The van der Waals surface area contributed by atoms with Crippen molar-refractivity contribution in [2.45, 2.75) is 73.2 Å². The van der Waals surface area contributed by atoms with Crippen LogP contribution < -0.4 is 0 Å². The van der Waals surface area contributed by atoms with Gasteiger partial charge in [-0.2, -0.15) is 0 Å². The van der Waals surface area contributed by atoms with E-state index in [1.54, 1.807) is 0 Å². The Balaban J connectivity index is 2.42. The van der Waals surface area contributed by atoms with Gasteiger partial charge in [-0.1, -0.05) is 37.1 Å².